The highest BCUT2D eigenvalue weighted by atomic mass is 79.9. The monoisotopic (exact) mass is 488 g/mol. The van der Waals surface area contributed by atoms with Crippen molar-refractivity contribution >= 4 is 43.4 Å². The summed E-state index contributed by atoms with van der Waals surface area (Å²) >= 11 is 3.33. The minimum atomic E-state index is -3.50. The molecule has 0 saturated carbocycles. The third kappa shape index (κ3) is 4.61. The van der Waals surface area contributed by atoms with Crippen LogP contribution in [0.2, 0.25) is 0 Å². The van der Waals surface area contributed by atoms with Crippen LogP contribution in [0.4, 0.5) is 17.5 Å². The molecule has 0 aliphatic carbocycles. The third-order valence-electron chi connectivity index (χ3n) is 4.81. The van der Waals surface area contributed by atoms with E-state index in [1.54, 1.807) is 24.3 Å². The van der Waals surface area contributed by atoms with Gasteiger partial charge < -0.3 is 10.2 Å². The highest BCUT2D eigenvalue weighted by Gasteiger charge is 2.29. The van der Waals surface area contributed by atoms with Crippen molar-refractivity contribution in [2.24, 2.45) is 0 Å². The van der Waals surface area contributed by atoms with E-state index < -0.39 is 10.0 Å². The Bertz CT molecular complexity index is 1110. The van der Waals surface area contributed by atoms with Gasteiger partial charge in [0.25, 0.3) is 0 Å². The van der Waals surface area contributed by atoms with Crippen molar-refractivity contribution < 1.29 is 8.42 Å². The quantitative estimate of drug-likeness (QED) is 0.589. The molecule has 1 aliphatic rings. The van der Waals surface area contributed by atoms with Gasteiger partial charge in [0, 0.05) is 36.3 Å². The minimum Gasteiger partial charge on any atom is -0.352 e. The first kappa shape index (κ1) is 20.7. The first-order chi connectivity index (χ1) is 14.4. The molecular weight excluding hydrogens is 468 g/mol. The number of sulfonamides is 1. The maximum absolute atomic E-state index is 12.8. The van der Waals surface area contributed by atoms with Crippen LogP contribution in [0, 0.1) is 6.92 Å². The summed E-state index contributed by atoms with van der Waals surface area (Å²) < 4.78 is 28.0. The van der Waals surface area contributed by atoms with Gasteiger partial charge in [-0.2, -0.15) is 4.31 Å². The number of rotatable bonds is 5. The largest absolute Gasteiger partial charge is 0.352 e. The van der Waals surface area contributed by atoms with Crippen LogP contribution >= 0.6 is 15.9 Å². The molecule has 0 atom stereocenters. The Hall–Kier alpha value is -2.56. The molecular formula is C20H21BrN6O2S. The average molecular weight is 489 g/mol. The minimum absolute atomic E-state index is 0.305. The first-order valence-corrected chi connectivity index (χ1v) is 11.7. The molecule has 8 nitrogen and oxygen atoms in total. The lowest BCUT2D eigenvalue weighted by Gasteiger charge is -2.34. The number of aryl methyl sites for hydroxylation is 1. The van der Waals surface area contributed by atoms with E-state index in [0.717, 1.165) is 16.0 Å². The molecule has 156 valence electrons. The summed E-state index contributed by atoms with van der Waals surface area (Å²) in [6, 6.07) is 16.2. The lowest BCUT2D eigenvalue weighted by Crippen LogP contribution is -2.48. The van der Waals surface area contributed by atoms with Crippen molar-refractivity contribution in [2.45, 2.75) is 11.8 Å². The standard InChI is InChI=1S/C20H21BrN6O2S/c1-15-3-2-4-18(22-15)23-19-9-10-20(25-24-19)26-11-13-27(14-12-26)30(28,29)17-7-5-16(21)6-8-17/h2-10H,11-14H2,1H3,(H,22,23,24). The normalized spacial score (nSPS) is 15.2. The molecule has 3 aromatic rings. The summed E-state index contributed by atoms with van der Waals surface area (Å²) in [5.74, 6) is 2.04. The highest BCUT2D eigenvalue weighted by Crippen LogP contribution is 2.22. The molecule has 3 heterocycles. The van der Waals surface area contributed by atoms with Crippen LogP contribution in [-0.2, 0) is 10.0 Å². The number of benzene rings is 1. The van der Waals surface area contributed by atoms with Gasteiger partial charge in [0.2, 0.25) is 10.0 Å². The van der Waals surface area contributed by atoms with Crippen LogP contribution in [0.15, 0.2) is 64.0 Å². The van der Waals surface area contributed by atoms with Crippen LogP contribution in [0.25, 0.3) is 0 Å². The van der Waals surface area contributed by atoms with Crippen molar-refractivity contribution in [1.29, 1.82) is 0 Å². The molecule has 0 spiro atoms. The van der Waals surface area contributed by atoms with Crippen molar-refractivity contribution in [3.63, 3.8) is 0 Å². The highest BCUT2D eigenvalue weighted by molar-refractivity contribution is 9.10. The van der Waals surface area contributed by atoms with Crippen LogP contribution in [-0.4, -0.2) is 54.1 Å². The van der Waals surface area contributed by atoms with Crippen molar-refractivity contribution in [3.05, 3.63) is 64.8 Å². The molecule has 10 heteroatoms. The van der Waals surface area contributed by atoms with E-state index in [-0.39, 0.29) is 0 Å². The summed E-state index contributed by atoms with van der Waals surface area (Å²) in [4.78, 5) is 6.73. The Morgan fingerprint density at radius 2 is 1.63 bits per heavy atom. The second-order valence-electron chi connectivity index (χ2n) is 6.91. The van der Waals surface area contributed by atoms with Crippen LogP contribution < -0.4 is 10.2 Å². The molecule has 1 N–H and O–H groups in total. The summed E-state index contributed by atoms with van der Waals surface area (Å²) in [7, 11) is -3.50. The van der Waals surface area contributed by atoms with Gasteiger partial charge in [-0.05, 0) is 55.5 Å². The van der Waals surface area contributed by atoms with Crippen molar-refractivity contribution in [2.75, 3.05) is 36.4 Å². The Labute approximate surface area is 184 Å². The van der Waals surface area contributed by atoms with Gasteiger partial charge in [-0.3, -0.25) is 0 Å². The average Bonchev–Trinajstić information content (AvgIpc) is 2.75. The number of anilines is 3. The topological polar surface area (TPSA) is 91.3 Å². The molecule has 1 saturated heterocycles. The lowest BCUT2D eigenvalue weighted by molar-refractivity contribution is 0.383. The molecule has 1 fully saturated rings. The van der Waals surface area contributed by atoms with E-state index in [2.05, 4.69) is 36.4 Å². The predicted octanol–water partition coefficient (Wildman–Crippen LogP) is 3.20. The smallest absolute Gasteiger partial charge is 0.243 e. The Balaban J connectivity index is 1.38. The van der Waals surface area contributed by atoms with E-state index in [9.17, 15) is 8.42 Å². The zero-order chi connectivity index (χ0) is 21.1. The molecule has 0 amide bonds. The van der Waals surface area contributed by atoms with Gasteiger partial charge in [0.15, 0.2) is 11.6 Å². The maximum atomic E-state index is 12.8. The third-order valence-corrected chi connectivity index (χ3v) is 7.25. The lowest BCUT2D eigenvalue weighted by atomic mass is 10.3. The molecule has 30 heavy (non-hydrogen) atoms. The van der Waals surface area contributed by atoms with Gasteiger partial charge in [0.1, 0.15) is 5.82 Å². The number of hydrogen-bond acceptors (Lipinski definition) is 7. The van der Waals surface area contributed by atoms with Crippen LogP contribution in [0.5, 0.6) is 0 Å². The predicted molar refractivity (Wildman–Crippen MR) is 119 cm³/mol. The van der Waals surface area contributed by atoms with Gasteiger partial charge in [-0.15, -0.1) is 10.2 Å². The number of piperazine rings is 1. The molecule has 0 radical (unpaired) electrons. The molecule has 0 bridgehead atoms. The molecule has 1 aromatic carbocycles. The van der Waals surface area contributed by atoms with Gasteiger partial charge in [-0.1, -0.05) is 22.0 Å². The molecule has 1 aliphatic heterocycles. The van der Waals surface area contributed by atoms with E-state index in [4.69, 9.17) is 0 Å². The number of halogens is 1. The maximum Gasteiger partial charge on any atom is 0.243 e. The first-order valence-electron chi connectivity index (χ1n) is 9.47. The SMILES string of the molecule is Cc1cccc(Nc2ccc(N3CCN(S(=O)(=O)c4ccc(Br)cc4)CC3)nn2)n1. The fourth-order valence-corrected chi connectivity index (χ4v) is 4.90. The summed E-state index contributed by atoms with van der Waals surface area (Å²) in [5, 5.41) is 11.6. The number of pyridine rings is 1. The summed E-state index contributed by atoms with van der Waals surface area (Å²) in [6.07, 6.45) is 0. The van der Waals surface area contributed by atoms with E-state index in [1.807, 2.05) is 42.2 Å². The second-order valence-corrected chi connectivity index (χ2v) is 9.76. The van der Waals surface area contributed by atoms with Gasteiger partial charge >= 0.3 is 0 Å². The number of nitrogens with zero attached hydrogens (tertiary/aromatic N) is 5. The Kier molecular flexibility index (Phi) is 5.98. The van der Waals surface area contributed by atoms with Crippen molar-refractivity contribution in [3.8, 4) is 0 Å². The fraction of sp³-hybridized carbons (Fsp3) is 0.250. The van der Waals surface area contributed by atoms with E-state index in [1.165, 1.54) is 4.31 Å². The van der Waals surface area contributed by atoms with E-state index >= 15 is 0 Å². The zero-order valence-corrected chi connectivity index (χ0v) is 18.8. The van der Waals surface area contributed by atoms with E-state index in [0.29, 0.717) is 42.7 Å². The summed E-state index contributed by atoms with van der Waals surface area (Å²) in [5.41, 5.74) is 0.917. The molecule has 0 unspecified atom stereocenters. The van der Waals surface area contributed by atoms with Gasteiger partial charge in [0.05, 0.1) is 4.90 Å². The fourth-order valence-electron chi connectivity index (χ4n) is 3.22. The number of nitrogens with one attached hydrogen (secondary N) is 1. The number of hydrogen-bond donors (Lipinski definition) is 1. The zero-order valence-electron chi connectivity index (χ0n) is 16.4. The van der Waals surface area contributed by atoms with Crippen molar-refractivity contribution in [1.82, 2.24) is 19.5 Å². The summed E-state index contributed by atoms with van der Waals surface area (Å²) in [6.45, 7) is 3.82. The molecule has 4 rings (SSSR count). The second kappa shape index (κ2) is 8.66. The molecule has 2 aromatic heterocycles. The van der Waals surface area contributed by atoms with Crippen LogP contribution in [0.3, 0.4) is 0 Å². The Morgan fingerprint density at radius 3 is 2.27 bits per heavy atom. The Morgan fingerprint density at radius 1 is 0.900 bits per heavy atom. The van der Waals surface area contributed by atoms with Gasteiger partial charge in [-0.25, -0.2) is 13.4 Å². The number of aromatic nitrogens is 3. The van der Waals surface area contributed by atoms with Crippen LogP contribution in [0.1, 0.15) is 5.69 Å².